The molecule has 0 spiro atoms. The molecular weight excluding hydrogens is 383 g/mol. The number of nitrogens with two attached hydrogens (primary N) is 1. The van der Waals surface area contributed by atoms with E-state index in [1.165, 1.54) is 0 Å². The van der Waals surface area contributed by atoms with E-state index in [0.717, 1.165) is 41.2 Å². The fourth-order valence-corrected chi connectivity index (χ4v) is 4.28. The fourth-order valence-electron chi connectivity index (χ4n) is 3.77. The minimum Gasteiger partial charge on any atom is -0.372 e. The third-order valence-electron chi connectivity index (χ3n) is 4.90. The molecule has 0 aliphatic carbocycles. The molecule has 1 aliphatic heterocycles. The number of pyridine rings is 1. The average molecular weight is 405 g/mol. The zero-order valence-electron chi connectivity index (χ0n) is 15.3. The lowest BCUT2D eigenvalue weighted by molar-refractivity contribution is -0.00549. The van der Waals surface area contributed by atoms with Crippen molar-refractivity contribution in [2.45, 2.75) is 32.6 Å². The average Bonchev–Trinajstić information content (AvgIpc) is 3.02. The topological polar surface area (TPSA) is 55.8 Å². The number of rotatable bonds is 3. The van der Waals surface area contributed by atoms with Gasteiger partial charge in [0.15, 0.2) is 0 Å². The quantitative estimate of drug-likeness (QED) is 0.703. The van der Waals surface area contributed by atoms with Gasteiger partial charge in [0.1, 0.15) is 11.5 Å². The van der Waals surface area contributed by atoms with Crippen LogP contribution in [0.1, 0.15) is 19.4 Å². The van der Waals surface area contributed by atoms with Crippen LogP contribution in [0.15, 0.2) is 36.7 Å². The summed E-state index contributed by atoms with van der Waals surface area (Å²) in [6.45, 7) is 6.24. The van der Waals surface area contributed by atoms with Crippen molar-refractivity contribution in [1.29, 1.82) is 0 Å². The number of anilines is 1. The summed E-state index contributed by atoms with van der Waals surface area (Å²) in [6, 6.07) is 7.55. The molecule has 0 saturated carbocycles. The number of benzene rings is 1. The van der Waals surface area contributed by atoms with Gasteiger partial charge in [-0.05, 0) is 37.6 Å². The van der Waals surface area contributed by atoms with Crippen molar-refractivity contribution in [3.05, 3.63) is 52.3 Å². The van der Waals surface area contributed by atoms with Gasteiger partial charge in [-0.1, -0.05) is 29.3 Å². The largest absolute Gasteiger partial charge is 0.372 e. The van der Waals surface area contributed by atoms with Crippen LogP contribution in [-0.4, -0.2) is 34.7 Å². The van der Waals surface area contributed by atoms with Crippen LogP contribution < -0.4 is 10.6 Å². The highest BCUT2D eigenvalue weighted by Gasteiger charge is 2.25. The Kier molecular flexibility index (Phi) is 5.03. The van der Waals surface area contributed by atoms with Gasteiger partial charge in [-0.15, -0.1) is 0 Å². The Balaban J connectivity index is 1.85. The molecule has 3 aromatic rings. The number of hydrogen-bond donors (Lipinski definition) is 1. The predicted molar refractivity (Wildman–Crippen MR) is 111 cm³/mol. The molecule has 142 valence electrons. The molecule has 2 unspecified atom stereocenters. The van der Waals surface area contributed by atoms with Gasteiger partial charge in [-0.25, -0.2) is 4.98 Å². The predicted octanol–water partition coefficient (Wildman–Crippen LogP) is 4.38. The number of nitrogens with zero attached hydrogens (tertiary/aromatic N) is 3. The molecule has 5 nitrogen and oxygen atoms in total. The van der Waals surface area contributed by atoms with Gasteiger partial charge >= 0.3 is 0 Å². The van der Waals surface area contributed by atoms with Crippen LogP contribution in [0.25, 0.3) is 16.8 Å². The van der Waals surface area contributed by atoms with Crippen molar-refractivity contribution in [3.63, 3.8) is 0 Å². The Morgan fingerprint density at radius 3 is 2.56 bits per heavy atom. The van der Waals surface area contributed by atoms with Gasteiger partial charge < -0.3 is 15.4 Å². The first-order valence-corrected chi connectivity index (χ1v) is 9.77. The fraction of sp³-hybridized carbons (Fsp3) is 0.350. The molecule has 0 radical (unpaired) electrons. The minimum atomic E-state index is 0.174. The van der Waals surface area contributed by atoms with E-state index in [-0.39, 0.29) is 12.2 Å². The summed E-state index contributed by atoms with van der Waals surface area (Å²) in [6.07, 6.45) is 4.33. The lowest BCUT2D eigenvalue weighted by Gasteiger charge is -2.36. The van der Waals surface area contributed by atoms with Crippen LogP contribution in [0.2, 0.25) is 10.0 Å². The molecule has 1 aliphatic rings. The van der Waals surface area contributed by atoms with Gasteiger partial charge in [-0.3, -0.25) is 4.40 Å². The van der Waals surface area contributed by atoms with E-state index < -0.39 is 0 Å². The maximum atomic E-state index is 6.47. The molecule has 3 heterocycles. The monoisotopic (exact) mass is 404 g/mol. The third kappa shape index (κ3) is 3.52. The molecule has 27 heavy (non-hydrogen) atoms. The molecule has 1 fully saturated rings. The number of fused-ring (bicyclic) bond motifs is 1. The normalized spacial score (nSPS) is 20.4. The van der Waals surface area contributed by atoms with E-state index in [0.29, 0.717) is 16.6 Å². The first kappa shape index (κ1) is 18.6. The van der Waals surface area contributed by atoms with E-state index >= 15 is 0 Å². The van der Waals surface area contributed by atoms with Crippen LogP contribution in [0.5, 0.6) is 0 Å². The van der Waals surface area contributed by atoms with Crippen molar-refractivity contribution in [2.75, 3.05) is 18.0 Å². The molecular formula is C20H22Cl2N4O. The molecule has 0 bridgehead atoms. The second-order valence-corrected chi connectivity index (χ2v) is 7.89. The number of morpholine rings is 1. The summed E-state index contributed by atoms with van der Waals surface area (Å²) in [5, 5.41) is 1.21. The van der Waals surface area contributed by atoms with Gasteiger partial charge in [0.05, 0.1) is 18.4 Å². The van der Waals surface area contributed by atoms with E-state index in [2.05, 4.69) is 34.3 Å². The highest BCUT2D eigenvalue weighted by molar-refractivity contribution is 6.36. The molecule has 1 aromatic carbocycles. The summed E-state index contributed by atoms with van der Waals surface area (Å²) in [4.78, 5) is 6.91. The second kappa shape index (κ2) is 7.32. The first-order chi connectivity index (χ1) is 13.0. The van der Waals surface area contributed by atoms with Crippen molar-refractivity contribution in [3.8, 4) is 11.1 Å². The van der Waals surface area contributed by atoms with Crippen LogP contribution in [-0.2, 0) is 11.3 Å². The van der Waals surface area contributed by atoms with Crippen molar-refractivity contribution < 1.29 is 4.74 Å². The molecule has 2 N–H and O–H groups in total. The second-order valence-electron chi connectivity index (χ2n) is 7.05. The number of aromatic nitrogens is 2. The maximum absolute atomic E-state index is 6.47. The molecule has 2 aromatic heterocycles. The number of imidazole rings is 1. The van der Waals surface area contributed by atoms with Crippen molar-refractivity contribution >= 4 is 34.7 Å². The summed E-state index contributed by atoms with van der Waals surface area (Å²) in [5.41, 5.74) is 9.77. The summed E-state index contributed by atoms with van der Waals surface area (Å²) >= 11 is 12.5. The van der Waals surface area contributed by atoms with Gasteiger partial charge in [0.25, 0.3) is 0 Å². The van der Waals surface area contributed by atoms with Gasteiger partial charge in [0.2, 0.25) is 0 Å². The third-order valence-corrected chi connectivity index (χ3v) is 5.45. The number of halogens is 2. The molecule has 7 heteroatoms. The van der Waals surface area contributed by atoms with Crippen LogP contribution >= 0.6 is 23.2 Å². The molecule has 0 amide bonds. The Morgan fingerprint density at radius 2 is 1.89 bits per heavy atom. The van der Waals surface area contributed by atoms with Gasteiger partial charge in [-0.2, -0.15) is 0 Å². The smallest absolute Gasteiger partial charge is 0.138 e. The Bertz CT molecular complexity index is 978. The summed E-state index contributed by atoms with van der Waals surface area (Å²) < 4.78 is 7.97. The van der Waals surface area contributed by atoms with E-state index in [9.17, 15) is 0 Å². The molecule has 4 rings (SSSR count). The first-order valence-electron chi connectivity index (χ1n) is 9.02. The lowest BCUT2D eigenvalue weighted by Crippen LogP contribution is -2.45. The standard InChI is InChI=1S/C20H22Cl2N4O/c1-12-9-25(10-13(2)27-12)20-8-24-19-5-14(7-23)17(11-26(19)20)16-4-3-15(21)6-18(16)22/h3-6,8,11-13H,7,9-10,23H2,1-2H3. The maximum Gasteiger partial charge on any atom is 0.138 e. The zero-order valence-corrected chi connectivity index (χ0v) is 16.8. The Labute approximate surface area is 168 Å². The van der Waals surface area contributed by atoms with Gasteiger partial charge in [0, 0.05) is 47.0 Å². The highest BCUT2D eigenvalue weighted by atomic mass is 35.5. The summed E-state index contributed by atoms with van der Waals surface area (Å²) in [7, 11) is 0. The van der Waals surface area contributed by atoms with Crippen LogP contribution in [0.4, 0.5) is 5.82 Å². The van der Waals surface area contributed by atoms with Crippen molar-refractivity contribution in [2.24, 2.45) is 5.73 Å². The minimum absolute atomic E-state index is 0.174. The Hall–Kier alpha value is -1.79. The lowest BCUT2D eigenvalue weighted by atomic mass is 10.0. The summed E-state index contributed by atoms with van der Waals surface area (Å²) in [5.74, 6) is 1.04. The van der Waals surface area contributed by atoms with Crippen LogP contribution in [0.3, 0.4) is 0 Å². The highest BCUT2D eigenvalue weighted by Crippen LogP contribution is 2.34. The molecule has 2 atom stereocenters. The van der Waals surface area contributed by atoms with E-state index in [4.69, 9.17) is 33.7 Å². The van der Waals surface area contributed by atoms with E-state index in [1.807, 2.05) is 24.4 Å². The number of ether oxygens (including phenoxy) is 1. The number of hydrogen-bond acceptors (Lipinski definition) is 4. The zero-order chi connectivity index (χ0) is 19.1. The van der Waals surface area contributed by atoms with Crippen molar-refractivity contribution in [1.82, 2.24) is 9.38 Å². The van der Waals surface area contributed by atoms with E-state index in [1.54, 1.807) is 6.07 Å². The van der Waals surface area contributed by atoms with Crippen LogP contribution in [0, 0.1) is 0 Å². The molecule has 1 saturated heterocycles. The SMILES string of the molecule is CC1CN(c2cnc3cc(CN)c(-c4ccc(Cl)cc4Cl)cn23)CC(C)O1. The Morgan fingerprint density at radius 1 is 1.15 bits per heavy atom.